The second-order valence-electron chi connectivity index (χ2n) is 34.2. The molecule has 9 heterocycles. The van der Waals surface area contributed by atoms with E-state index in [-0.39, 0.29) is 24.3 Å². The fraction of sp³-hybridized carbons (Fsp3) is 0.0935. The summed E-state index contributed by atoms with van der Waals surface area (Å²) in [7, 11) is 0. The number of rotatable bonds is 4. The van der Waals surface area contributed by atoms with E-state index in [1.165, 1.54) is 212 Å². The summed E-state index contributed by atoms with van der Waals surface area (Å²) in [5.41, 5.74) is 50.9. The third-order valence-electron chi connectivity index (χ3n) is 27.8. The minimum atomic E-state index is -0.104. The van der Waals surface area contributed by atoms with Crippen molar-refractivity contribution in [3.05, 3.63) is 407 Å². The Kier molecular flexibility index (Phi) is 13.6. The van der Waals surface area contributed by atoms with Crippen molar-refractivity contribution in [3.8, 4) is 22.3 Å². The number of pyridine rings is 1. The van der Waals surface area contributed by atoms with Gasteiger partial charge >= 0.3 is 0 Å². The van der Waals surface area contributed by atoms with E-state index in [0.717, 1.165) is 25.7 Å². The van der Waals surface area contributed by atoms with Crippen LogP contribution < -0.4 is 68.8 Å². The largest absolute Gasteiger partial charge is 0.311 e. The van der Waals surface area contributed by atoms with Crippen LogP contribution >= 0.6 is 0 Å². The average molecular weight is 1460 g/mol. The lowest BCUT2D eigenvalue weighted by atomic mass is 9.28. The summed E-state index contributed by atoms with van der Waals surface area (Å²) in [5, 5.41) is 5.35. The molecule has 115 heavy (non-hydrogen) atoms. The van der Waals surface area contributed by atoms with Crippen molar-refractivity contribution in [2.45, 2.75) is 64.2 Å². The Balaban J connectivity index is 0.000000104. The highest BCUT2D eigenvalue weighted by molar-refractivity contribution is 7.02. The predicted octanol–water partition coefficient (Wildman–Crippen LogP) is 19.7. The minimum Gasteiger partial charge on any atom is -0.311 e. The van der Waals surface area contributed by atoms with E-state index >= 15 is 0 Å². The van der Waals surface area contributed by atoms with Crippen LogP contribution in [0.4, 0.5) is 68.2 Å². The maximum atomic E-state index is 4.52. The second-order valence-corrected chi connectivity index (χ2v) is 34.2. The lowest BCUT2D eigenvalue weighted by molar-refractivity contribution is 0.661. The van der Waals surface area contributed by atoms with Gasteiger partial charge in [0.2, 0.25) is 6.71 Å². The zero-order valence-electron chi connectivity index (χ0n) is 64.6. The summed E-state index contributed by atoms with van der Waals surface area (Å²) in [6, 6.07) is 122. The molecule has 0 bridgehead atoms. The third-order valence-corrected chi connectivity index (χ3v) is 27.8. The van der Waals surface area contributed by atoms with Crippen LogP contribution in [0.25, 0.3) is 43.8 Å². The monoisotopic (exact) mass is 1460 g/mol. The molecule has 0 saturated carbocycles. The van der Waals surface area contributed by atoms with Gasteiger partial charge in [0.1, 0.15) is 0 Å². The smallest absolute Gasteiger partial charge is 0.252 e. The number of hydrogen-bond donors (Lipinski definition) is 0. The van der Waals surface area contributed by atoms with Crippen LogP contribution in [-0.2, 0) is 36.5 Å². The summed E-state index contributed by atoms with van der Waals surface area (Å²) in [4.78, 5) is 14.6. The number of benzene rings is 16. The van der Waals surface area contributed by atoms with Gasteiger partial charge in [0.15, 0.2) is 0 Å². The van der Waals surface area contributed by atoms with Gasteiger partial charge in [-0.05, 0) is 266 Å². The van der Waals surface area contributed by atoms with E-state index in [2.05, 4.69) is 392 Å². The van der Waals surface area contributed by atoms with Crippen molar-refractivity contribution in [1.29, 1.82) is 0 Å². The van der Waals surface area contributed by atoms with Gasteiger partial charge in [0.05, 0.1) is 0 Å². The lowest BCUT2D eigenvalue weighted by Gasteiger charge is -2.47. The fourth-order valence-electron chi connectivity index (χ4n) is 23.0. The molecule has 8 heteroatoms. The summed E-state index contributed by atoms with van der Waals surface area (Å²) in [6.45, 7) is 10.3. The molecule has 8 aliphatic heterocycles. The molecule has 0 amide bonds. The molecule has 0 radical (unpaired) electrons. The van der Waals surface area contributed by atoms with Crippen molar-refractivity contribution in [2.24, 2.45) is 0 Å². The number of nitrogens with zero attached hydrogens (tertiary/aromatic N) is 5. The van der Waals surface area contributed by atoms with Gasteiger partial charge in [-0.2, -0.15) is 0 Å². The Labute approximate surface area is 672 Å². The standard InChI is InChI=1S/C48H37BN2.C39H25BN2.C20H14BN/c1-47(2)36-22-13-11-20-32(36)34-26-44-40(28-38(34)47)49-41-29-39-35(33-21-12-14-23-37(33)48(39,3)4)27-45(41)51(31-18-9-6-10-19-31)43-25-15-24-42(46(43)49)50(44)30-16-7-5-8-17-30;1-3-14-27(15-4-1)41-33-20-11-21-34-39(33)40-37-31(29-18-9-7-12-25(29)22-35(37)41)24-32-30-19-10-8-13-26(30)23-36(38(32)40)42(34)28-16-5-2-6-17-28;1-3-12-7-13-4-2-6-15-9-17-11-22-10-16-8-14(5-1)18(12)21(19(13)15)20(16)17/h5-29H,1-4H3;1-23H,24H2;1-6,10-11H,7-9H2. The highest BCUT2D eigenvalue weighted by Gasteiger charge is 2.51. The first kappa shape index (κ1) is 65.2. The molecule has 0 spiro atoms. The van der Waals surface area contributed by atoms with Crippen LogP contribution in [0.15, 0.2) is 340 Å². The maximum Gasteiger partial charge on any atom is 0.252 e. The summed E-state index contributed by atoms with van der Waals surface area (Å²) in [5.74, 6) is 0. The molecule has 0 N–H and O–H groups in total. The van der Waals surface area contributed by atoms with Gasteiger partial charge in [-0.1, -0.05) is 275 Å². The number of aromatic nitrogens is 1. The highest BCUT2D eigenvalue weighted by Crippen LogP contribution is 2.56. The predicted molar refractivity (Wildman–Crippen MR) is 484 cm³/mol. The first-order valence-electron chi connectivity index (χ1n) is 41.1. The SMILES string of the molecule is CC1(C)c2ccccc2-c2cc3c(cc21)B1c2cc4c(cc2N(c2ccccc2)c2cccc(c21)N3c1ccccc1)-c1ccccc1C4(C)C.c1cc2c3c(c1)Cc1cncc4c1B3c1c(cccc1C4)C2.c1ccc(N2c3cccc4c3B3c5c2cc2ccccc2c5Cc2c3c(cc3ccccc23)N4c2ccccc2)cc1. The van der Waals surface area contributed by atoms with Gasteiger partial charge in [-0.25, -0.2) is 0 Å². The molecule has 0 fully saturated rings. The van der Waals surface area contributed by atoms with E-state index in [0.29, 0.717) is 6.71 Å². The van der Waals surface area contributed by atoms with Crippen LogP contribution in [0.1, 0.15) is 94.5 Å². The minimum absolute atomic E-state index is 0.0655. The molecule has 10 aliphatic rings. The van der Waals surface area contributed by atoms with Crippen LogP contribution in [0.3, 0.4) is 0 Å². The molecule has 0 unspecified atom stereocenters. The Bertz CT molecular complexity index is 6580. The first-order chi connectivity index (χ1) is 56.6. The number of anilines is 12. The van der Waals surface area contributed by atoms with Gasteiger partial charge in [-0.3, -0.25) is 4.98 Å². The normalized spacial score (nSPS) is 15.2. The second kappa shape index (κ2) is 24.1. The molecule has 538 valence electrons. The van der Waals surface area contributed by atoms with Crippen molar-refractivity contribution in [2.75, 3.05) is 19.6 Å². The van der Waals surface area contributed by atoms with E-state index in [1.807, 2.05) is 0 Å². The van der Waals surface area contributed by atoms with Crippen molar-refractivity contribution >= 4 is 159 Å². The highest BCUT2D eigenvalue weighted by atomic mass is 15.2. The van der Waals surface area contributed by atoms with Crippen molar-refractivity contribution in [1.82, 2.24) is 4.98 Å². The molecule has 0 atom stereocenters. The Hall–Kier alpha value is -13.4. The van der Waals surface area contributed by atoms with Crippen molar-refractivity contribution < 1.29 is 0 Å². The summed E-state index contributed by atoms with van der Waals surface area (Å²) < 4.78 is 0. The van der Waals surface area contributed by atoms with Crippen LogP contribution in [-0.4, -0.2) is 25.1 Å². The van der Waals surface area contributed by atoms with Crippen LogP contribution in [0.5, 0.6) is 0 Å². The average Bonchev–Trinajstić information content (AvgIpc) is 1.57. The number of para-hydroxylation sites is 4. The van der Waals surface area contributed by atoms with E-state index in [4.69, 9.17) is 0 Å². The number of fused-ring (bicyclic) bond motifs is 14. The molecule has 5 nitrogen and oxygen atoms in total. The first-order valence-corrected chi connectivity index (χ1v) is 41.1. The maximum absolute atomic E-state index is 4.52. The molecular formula is C107H76B3N5. The summed E-state index contributed by atoms with van der Waals surface area (Å²) in [6.07, 6.45) is 8.30. The van der Waals surface area contributed by atoms with Crippen LogP contribution in [0.2, 0.25) is 0 Å². The molecule has 27 rings (SSSR count). The lowest BCUT2D eigenvalue weighted by Crippen LogP contribution is -2.64. The van der Waals surface area contributed by atoms with Gasteiger partial charge in [0.25, 0.3) is 13.4 Å². The Morgan fingerprint density at radius 3 is 0.991 bits per heavy atom. The quantitative estimate of drug-likeness (QED) is 0.164. The van der Waals surface area contributed by atoms with Crippen LogP contribution in [0, 0.1) is 0 Å². The van der Waals surface area contributed by atoms with Gasteiger partial charge < -0.3 is 19.6 Å². The molecule has 2 aliphatic carbocycles. The Morgan fingerprint density at radius 1 is 0.243 bits per heavy atom. The fourth-order valence-corrected chi connectivity index (χ4v) is 23.0. The van der Waals surface area contributed by atoms with Gasteiger partial charge in [-0.15, -0.1) is 0 Å². The summed E-state index contributed by atoms with van der Waals surface area (Å²) >= 11 is 0. The van der Waals surface area contributed by atoms with E-state index in [1.54, 1.807) is 16.4 Å². The molecule has 17 aromatic rings. The topological polar surface area (TPSA) is 25.9 Å². The molecule has 0 saturated heterocycles. The van der Waals surface area contributed by atoms with Gasteiger partial charge in [0, 0.05) is 91.5 Å². The Morgan fingerprint density at radius 2 is 0.574 bits per heavy atom. The third kappa shape index (κ3) is 9.05. The zero-order valence-corrected chi connectivity index (χ0v) is 64.6. The van der Waals surface area contributed by atoms with Crippen molar-refractivity contribution in [3.63, 3.8) is 0 Å². The molecule has 16 aromatic carbocycles. The molecule has 1 aromatic heterocycles. The number of hydrogen-bond acceptors (Lipinski definition) is 5. The van der Waals surface area contributed by atoms with E-state index < -0.39 is 0 Å². The molecular weight excluding hydrogens is 1390 g/mol. The van der Waals surface area contributed by atoms with E-state index in [9.17, 15) is 0 Å². The zero-order chi connectivity index (χ0) is 75.8.